The Kier molecular flexibility index (Phi) is 4.94. The molecular formula is C23H17FN6O. The average Bonchev–Trinajstić information content (AvgIpc) is 3.35. The van der Waals surface area contributed by atoms with Crippen LogP contribution in [-0.4, -0.2) is 24.9 Å². The molecule has 0 spiro atoms. The van der Waals surface area contributed by atoms with E-state index in [0.717, 1.165) is 28.0 Å². The molecular weight excluding hydrogens is 395 g/mol. The molecule has 152 valence electrons. The Morgan fingerprint density at radius 1 is 0.935 bits per heavy atom. The van der Waals surface area contributed by atoms with E-state index in [9.17, 15) is 4.39 Å². The van der Waals surface area contributed by atoms with Crippen LogP contribution < -0.4 is 10.1 Å². The highest BCUT2D eigenvalue weighted by Crippen LogP contribution is 2.29. The maximum atomic E-state index is 14.7. The van der Waals surface area contributed by atoms with Crippen LogP contribution in [0.3, 0.4) is 0 Å². The van der Waals surface area contributed by atoms with Crippen molar-refractivity contribution < 1.29 is 9.13 Å². The van der Waals surface area contributed by atoms with Crippen molar-refractivity contribution in [1.82, 2.24) is 24.9 Å². The van der Waals surface area contributed by atoms with E-state index in [1.54, 1.807) is 30.7 Å². The van der Waals surface area contributed by atoms with Gasteiger partial charge in [-0.25, -0.2) is 19.3 Å². The van der Waals surface area contributed by atoms with Gasteiger partial charge in [0.25, 0.3) is 0 Å². The molecule has 0 saturated heterocycles. The first kappa shape index (κ1) is 18.7. The normalized spacial score (nSPS) is 10.9. The Hall–Kier alpha value is -4.33. The quantitative estimate of drug-likeness (QED) is 0.413. The number of hydrogen-bond acceptors (Lipinski definition) is 6. The summed E-state index contributed by atoms with van der Waals surface area (Å²) in [5.41, 5.74) is 2.68. The monoisotopic (exact) mass is 412 g/mol. The lowest BCUT2D eigenvalue weighted by atomic mass is 10.1. The van der Waals surface area contributed by atoms with Crippen molar-refractivity contribution in [1.29, 1.82) is 0 Å². The van der Waals surface area contributed by atoms with Crippen molar-refractivity contribution in [3.63, 3.8) is 0 Å². The number of pyridine rings is 1. The number of H-pyrrole nitrogens is 1. The van der Waals surface area contributed by atoms with Gasteiger partial charge in [-0.1, -0.05) is 6.07 Å². The van der Waals surface area contributed by atoms with Crippen molar-refractivity contribution in [2.24, 2.45) is 0 Å². The van der Waals surface area contributed by atoms with Crippen LogP contribution in [0.4, 0.5) is 15.9 Å². The molecule has 31 heavy (non-hydrogen) atoms. The van der Waals surface area contributed by atoms with Gasteiger partial charge in [-0.2, -0.15) is 0 Å². The van der Waals surface area contributed by atoms with Crippen molar-refractivity contribution in [3.05, 3.63) is 91.0 Å². The van der Waals surface area contributed by atoms with Gasteiger partial charge < -0.3 is 15.0 Å². The zero-order valence-electron chi connectivity index (χ0n) is 16.3. The first-order chi connectivity index (χ1) is 15.3. The van der Waals surface area contributed by atoms with Gasteiger partial charge in [0.05, 0.1) is 16.9 Å². The molecule has 0 radical (unpaired) electrons. The van der Waals surface area contributed by atoms with Gasteiger partial charge in [-0.15, -0.1) is 0 Å². The number of ether oxygens (including phenoxy) is 1. The van der Waals surface area contributed by atoms with Crippen LogP contribution in [-0.2, 0) is 6.61 Å². The molecule has 5 aromatic rings. The standard InChI is InChI=1S/C23H17FN6O/c24-19-12-17(31-13-16-3-1-2-8-25-16)5-7-21(19)30-23-18-11-15(22-26-9-10-27-22)4-6-20(18)28-14-29-23/h1-12,14H,13H2,(H,26,27)(H,28,29,30). The number of hydrogen-bond donors (Lipinski definition) is 2. The van der Waals surface area contributed by atoms with E-state index in [4.69, 9.17) is 4.74 Å². The number of fused-ring (bicyclic) bond motifs is 1. The van der Waals surface area contributed by atoms with Crippen molar-refractivity contribution >= 4 is 22.4 Å². The first-order valence-electron chi connectivity index (χ1n) is 9.60. The van der Waals surface area contributed by atoms with Crippen molar-refractivity contribution in [2.75, 3.05) is 5.32 Å². The molecule has 2 aromatic carbocycles. The molecule has 3 heterocycles. The van der Waals surface area contributed by atoms with Gasteiger partial charge in [0, 0.05) is 35.6 Å². The molecule has 7 nitrogen and oxygen atoms in total. The SMILES string of the molecule is Fc1cc(OCc2ccccn2)ccc1Nc1ncnc2ccc(-c3ncc[nH]3)cc12. The number of halogens is 1. The summed E-state index contributed by atoms with van der Waals surface area (Å²) < 4.78 is 20.4. The van der Waals surface area contributed by atoms with E-state index < -0.39 is 5.82 Å². The van der Waals surface area contributed by atoms with Gasteiger partial charge >= 0.3 is 0 Å². The van der Waals surface area contributed by atoms with E-state index in [2.05, 4.69) is 30.2 Å². The predicted octanol–water partition coefficient (Wildman–Crippen LogP) is 4.88. The Morgan fingerprint density at radius 2 is 1.90 bits per heavy atom. The second kappa shape index (κ2) is 8.19. The lowest BCUT2D eigenvalue weighted by molar-refractivity contribution is 0.300. The molecule has 0 atom stereocenters. The van der Waals surface area contributed by atoms with E-state index >= 15 is 0 Å². The van der Waals surface area contributed by atoms with Crippen molar-refractivity contribution in [3.8, 4) is 17.1 Å². The predicted molar refractivity (Wildman–Crippen MR) is 115 cm³/mol. The van der Waals surface area contributed by atoms with Gasteiger partial charge in [-0.05, 0) is 42.5 Å². The van der Waals surface area contributed by atoms with Crippen LogP contribution in [0.2, 0.25) is 0 Å². The maximum Gasteiger partial charge on any atom is 0.150 e. The minimum absolute atomic E-state index is 0.263. The molecule has 3 aromatic heterocycles. The highest BCUT2D eigenvalue weighted by molar-refractivity contribution is 5.93. The van der Waals surface area contributed by atoms with E-state index in [1.165, 1.54) is 12.4 Å². The Morgan fingerprint density at radius 3 is 2.71 bits per heavy atom. The summed E-state index contributed by atoms with van der Waals surface area (Å²) in [4.78, 5) is 20.1. The fraction of sp³-hybridized carbons (Fsp3) is 0.0435. The zero-order chi connectivity index (χ0) is 21.0. The molecule has 5 rings (SSSR count). The number of aromatic amines is 1. The molecule has 0 aliphatic heterocycles. The number of aromatic nitrogens is 5. The van der Waals surface area contributed by atoms with Gasteiger partial charge in [0.2, 0.25) is 0 Å². The minimum atomic E-state index is -0.451. The maximum absolute atomic E-state index is 14.7. The van der Waals surface area contributed by atoms with Gasteiger partial charge in [0.15, 0.2) is 0 Å². The summed E-state index contributed by atoms with van der Waals surface area (Å²) in [6.07, 6.45) is 6.58. The Balaban J connectivity index is 1.39. The highest BCUT2D eigenvalue weighted by Gasteiger charge is 2.11. The minimum Gasteiger partial charge on any atom is -0.487 e. The number of anilines is 2. The third-order valence-electron chi connectivity index (χ3n) is 4.71. The molecule has 0 saturated carbocycles. The second-order valence-corrected chi connectivity index (χ2v) is 6.77. The summed E-state index contributed by atoms with van der Waals surface area (Å²) in [7, 11) is 0. The number of nitrogens with one attached hydrogen (secondary N) is 2. The smallest absolute Gasteiger partial charge is 0.150 e. The van der Waals surface area contributed by atoms with Crippen LogP contribution in [0.25, 0.3) is 22.3 Å². The average molecular weight is 412 g/mol. The van der Waals surface area contributed by atoms with E-state index in [-0.39, 0.29) is 12.3 Å². The second-order valence-electron chi connectivity index (χ2n) is 6.77. The van der Waals surface area contributed by atoms with Crippen LogP contribution in [0.1, 0.15) is 5.69 Å². The third kappa shape index (κ3) is 4.04. The Labute approximate surface area is 177 Å². The molecule has 0 aliphatic rings. The highest BCUT2D eigenvalue weighted by atomic mass is 19.1. The number of nitrogens with zero attached hydrogens (tertiary/aromatic N) is 4. The van der Waals surface area contributed by atoms with Crippen LogP contribution in [0.5, 0.6) is 5.75 Å². The fourth-order valence-corrected chi connectivity index (χ4v) is 3.18. The van der Waals surface area contributed by atoms with Gasteiger partial charge in [0.1, 0.15) is 36.1 Å². The fourth-order valence-electron chi connectivity index (χ4n) is 3.18. The van der Waals surface area contributed by atoms with Crippen LogP contribution >= 0.6 is 0 Å². The molecule has 2 N–H and O–H groups in total. The summed E-state index contributed by atoms with van der Waals surface area (Å²) in [5, 5.41) is 3.82. The lowest BCUT2D eigenvalue weighted by Crippen LogP contribution is -2.01. The summed E-state index contributed by atoms with van der Waals surface area (Å²) in [6, 6.07) is 15.9. The largest absolute Gasteiger partial charge is 0.487 e. The van der Waals surface area contributed by atoms with Crippen LogP contribution in [0, 0.1) is 5.82 Å². The molecule has 0 fully saturated rings. The lowest BCUT2D eigenvalue weighted by Gasteiger charge is -2.11. The summed E-state index contributed by atoms with van der Waals surface area (Å²) in [6.45, 7) is 0.263. The van der Waals surface area contributed by atoms with Gasteiger partial charge in [-0.3, -0.25) is 4.98 Å². The molecule has 0 aliphatic carbocycles. The Bertz CT molecular complexity index is 1330. The topological polar surface area (TPSA) is 88.6 Å². The molecule has 0 unspecified atom stereocenters. The number of benzene rings is 2. The summed E-state index contributed by atoms with van der Waals surface area (Å²) >= 11 is 0. The van der Waals surface area contributed by atoms with Crippen LogP contribution in [0.15, 0.2) is 79.5 Å². The zero-order valence-corrected chi connectivity index (χ0v) is 16.3. The van der Waals surface area contributed by atoms with Crippen molar-refractivity contribution in [2.45, 2.75) is 6.61 Å². The molecule has 0 bridgehead atoms. The van der Waals surface area contributed by atoms with E-state index in [1.807, 2.05) is 36.4 Å². The molecule has 0 amide bonds. The number of rotatable bonds is 6. The third-order valence-corrected chi connectivity index (χ3v) is 4.71. The summed E-state index contributed by atoms with van der Waals surface area (Å²) in [5.74, 6) is 1.20. The number of imidazole rings is 1. The first-order valence-corrected chi connectivity index (χ1v) is 9.60. The molecule has 8 heteroatoms. The van der Waals surface area contributed by atoms with E-state index in [0.29, 0.717) is 11.6 Å².